The van der Waals surface area contributed by atoms with Crippen LogP contribution in [0, 0.1) is 5.92 Å². The van der Waals surface area contributed by atoms with Crippen LogP contribution in [0.2, 0.25) is 0 Å². The predicted molar refractivity (Wildman–Crippen MR) is 68.1 cm³/mol. The minimum absolute atomic E-state index is 0.0493. The molecule has 1 saturated heterocycles. The van der Waals surface area contributed by atoms with Gasteiger partial charge in [-0.3, -0.25) is 0 Å². The standard InChI is InChI=1S/C14H21NO2/c1-10(2)17-13-5-3-4-11(8-13)14(15)12-6-7-16-9-12/h3-5,8,10,12,14H,6-7,9,15H2,1-2H3. The summed E-state index contributed by atoms with van der Waals surface area (Å²) in [6.07, 6.45) is 1.24. The van der Waals surface area contributed by atoms with Gasteiger partial charge in [0.15, 0.2) is 0 Å². The van der Waals surface area contributed by atoms with Crippen LogP contribution < -0.4 is 10.5 Å². The van der Waals surface area contributed by atoms with E-state index in [-0.39, 0.29) is 12.1 Å². The van der Waals surface area contributed by atoms with E-state index in [1.807, 2.05) is 32.0 Å². The second-order valence-electron chi connectivity index (χ2n) is 4.89. The molecule has 2 atom stereocenters. The number of benzene rings is 1. The first kappa shape index (κ1) is 12.4. The summed E-state index contributed by atoms with van der Waals surface area (Å²) < 4.78 is 11.1. The van der Waals surface area contributed by atoms with Crippen LogP contribution in [-0.2, 0) is 4.74 Å². The van der Waals surface area contributed by atoms with Crippen LogP contribution in [0.4, 0.5) is 0 Å². The van der Waals surface area contributed by atoms with Crippen LogP contribution in [0.1, 0.15) is 31.9 Å². The molecule has 1 heterocycles. The number of nitrogens with two attached hydrogens (primary N) is 1. The fourth-order valence-electron chi connectivity index (χ4n) is 2.18. The number of hydrogen-bond acceptors (Lipinski definition) is 3. The van der Waals surface area contributed by atoms with Crippen LogP contribution in [0.3, 0.4) is 0 Å². The number of hydrogen-bond donors (Lipinski definition) is 1. The van der Waals surface area contributed by atoms with E-state index in [1.54, 1.807) is 0 Å². The molecule has 1 aliphatic rings. The van der Waals surface area contributed by atoms with E-state index in [9.17, 15) is 0 Å². The van der Waals surface area contributed by atoms with Crippen LogP contribution in [0.25, 0.3) is 0 Å². The van der Waals surface area contributed by atoms with Gasteiger partial charge in [-0.2, -0.15) is 0 Å². The molecular formula is C14H21NO2. The molecule has 0 aliphatic carbocycles. The lowest BCUT2D eigenvalue weighted by molar-refractivity contribution is 0.181. The van der Waals surface area contributed by atoms with Crippen LogP contribution in [-0.4, -0.2) is 19.3 Å². The molecule has 0 amide bonds. The average molecular weight is 235 g/mol. The summed E-state index contributed by atoms with van der Waals surface area (Å²) in [4.78, 5) is 0. The molecular weight excluding hydrogens is 214 g/mol. The van der Waals surface area contributed by atoms with Gasteiger partial charge in [-0.1, -0.05) is 12.1 Å². The molecule has 3 nitrogen and oxygen atoms in total. The zero-order chi connectivity index (χ0) is 12.3. The van der Waals surface area contributed by atoms with Crippen molar-refractivity contribution in [2.45, 2.75) is 32.4 Å². The van der Waals surface area contributed by atoms with Crippen LogP contribution >= 0.6 is 0 Å². The summed E-state index contributed by atoms with van der Waals surface area (Å²) in [5, 5.41) is 0. The van der Waals surface area contributed by atoms with Crippen molar-refractivity contribution in [3.8, 4) is 5.75 Å². The van der Waals surface area contributed by atoms with E-state index in [2.05, 4.69) is 6.07 Å². The molecule has 1 aliphatic heterocycles. The maximum absolute atomic E-state index is 6.26. The van der Waals surface area contributed by atoms with Gasteiger partial charge in [-0.25, -0.2) is 0 Å². The maximum Gasteiger partial charge on any atom is 0.120 e. The summed E-state index contributed by atoms with van der Waals surface area (Å²) in [6, 6.07) is 8.14. The van der Waals surface area contributed by atoms with Gasteiger partial charge in [-0.15, -0.1) is 0 Å². The molecule has 0 radical (unpaired) electrons. The second kappa shape index (κ2) is 5.52. The van der Waals surface area contributed by atoms with Crippen molar-refractivity contribution in [2.75, 3.05) is 13.2 Å². The summed E-state index contributed by atoms with van der Waals surface area (Å²) in [5.74, 6) is 1.33. The first-order valence-electron chi connectivity index (χ1n) is 6.27. The third kappa shape index (κ3) is 3.20. The van der Waals surface area contributed by atoms with Gasteiger partial charge in [0.05, 0.1) is 12.7 Å². The molecule has 2 N–H and O–H groups in total. The van der Waals surface area contributed by atoms with Crippen molar-refractivity contribution >= 4 is 0 Å². The van der Waals surface area contributed by atoms with E-state index in [1.165, 1.54) is 0 Å². The van der Waals surface area contributed by atoms with E-state index < -0.39 is 0 Å². The molecule has 0 spiro atoms. The van der Waals surface area contributed by atoms with Gasteiger partial charge in [-0.05, 0) is 38.0 Å². The zero-order valence-corrected chi connectivity index (χ0v) is 10.6. The lowest BCUT2D eigenvalue weighted by atomic mass is 9.93. The molecule has 0 saturated carbocycles. The lowest BCUT2D eigenvalue weighted by Gasteiger charge is -2.19. The Balaban J connectivity index is 2.09. The Morgan fingerprint density at radius 2 is 2.24 bits per heavy atom. The molecule has 1 aromatic rings. The highest BCUT2D eigenvalue weighted by Crippen LogP contribution is 2.28. The second-order valence-corrected chi connectivity index (χ2v) is 4.89. The van der Waals surface area contributed by atoms with Gasteiger partial charge in [0.1, 0.15) is 5.75 Å². The third-order valence-corrected chi connectivity index (χ3v) is 3.09. The highest BCUT2D eigenvalue weighted by molar-refractivity contribution is 5.31. The van der Waals surface area contributed by atoms with Gasteiger partial charge in [0.25, 0.3) is 0 Å². The normalized spacial score (nSPS) is 21.8. The maximum atomic E-state index is 6.26. The van der Waals surface area contributed by atoms with Crippen molar-refractivity contribution in [1.82, 2.24) is 0 Å². The highest BCUT2D eigenvalue weighted by Gasteiger charge is 2.24. The summed E-state index contributed by atoms with van der Waals surface area (Å²) in [5.41, 5.74) is 7.40. The Morgan fingerprint density at radius 1 is 1.41 bits per heavy atom. The van der Waals surface area contributed by atoms with Gasteiger partial charge >= 0.3 is 0 Å². The first-order chi connectivity index (χ1) is 8.16. The summed E-state index contributed by atoms with van der Waals surface area (Å²) >= 11 is 0. The average Bonchev–Trinajstić information content (AvgIpc) is 2.81. The van der Waals surface area contributed by atoms with Crippen molar-refractivity contribution in [3.05, 3.63) is 29.8 Å². The lowest BCUT2D eigenvalue weighted by Crippen LogP contribution is -2.21. The Labute approximate surface area is 103 Å². The first-order valence-corrected chi connectivity index (χ1v) is 6.27. The minimum atomic E-state index is 0.0493. The molecule has 0 aromatic heterocycles. The molecule has 2 unspecified atom stereocenters. The molecule has 1 aromatic carbocycles. The zero-order valence-electron chi connectivity index (χ0n) is 10.6. The predicted octanol–water partition coefficient (Wildman–Crippen LogP) is 2.51. The summed E-state index contributed by atoms with van der Waals surface area (Å²) in [6.45, 7) is 5.66. The Morgan fingerprint density at radius 3 is 2.88 bits per heavy atom. The van der Waals surface area contributed by atoms with E-state index in [0.29, 0.717) is 5.92 Å². The molecule has 1 fully saturated rings. The van der Waals surface area contributed by atoms with Crippen LogP contribution in [0.5, 0.6) is 5.75 Å². The van der Waals surface area contributed by atoms with E-state index >= 15 is 0 Å². The molecule has 2 rings (SSSR count). The highest BCUT2D eigenvalue weighted by atomic mass is 16.5. The monoisotopic (exact) mass is 235 g/mol. The number of rotatable bonds is 4. The Hall–Kier alpha value is -1.06. The summed E-state index contributed by atoms with van der Waals surface area (Å²) in [7, 11) is 0. The fraction of sp³-hybridized carbons (Fsp3) is 0.571. The minimum Gasteiger partial charge on any atom is -0.491 e. The smallest absolute Gasteiger partial charge is 0.120 e. The van der Waals surface area contributed by atoms with Crippen molar-refractivity contribution in [3.63, 3.8) is 0 Å². The fourth-order valence-corrected chi connectivity index (χ4v) is 2.18. The Bertz CT molecular complexity index is 359. The van der Waals surface area contributed by atoms with E-state index in [4.69, 9.17) is 15.2 Å². The topological polar surface area (TPSA) is 44.5 Å². The van der Waals surface area contributed by atoms with Gasteiger partial charge in [0.2, 0.25) is 0 Å². The van der Waals surface area contributed by atoms with Crippen molar-refractivity contribution in [2.24, 2.45) is 11.7 Å². The SMILES string of the molecule is CC(C)Oc1cccc(C(N)C2CCOC2)c1. The van der Waals surface area contributed by atoms with Crippen molar-refractivity contribution in [1.29, 1.82) is 0 Å². The Kier molecular flexibility index (Phi) is 4.02. The molecule has 0 bridgehead atoms. The quantitative estimate of drug-likeness (QED) is 0.872. The third-order valence-electron chi connectivity index (χ3n) is 3.09. The van der Waals surface area contributed by atoms with E-state index in [0.717, 1.165) is 30.9 Å². The molecule has 3 heteroatoms. The largest absolute Gasteiger partial charge is 0.491 e. The van der Waals surface area contributed by atoms with Gasteiger partial charge < -0.3 is 15.2 Å². The molecule has 94 valence electrons. The van der Waals surface area contributed by atoms with Crippen LogP contribution in [0.15, 0.2) is 24.3 Å². The van der Waals surface area contributed by atoms with Crippen molar-refractivity contribution < 1.29 is 9.47 Å². The number of ether oxygens (including phenoxy) is 2. The molecule has 17 heavy (non-hydrogen) atoms. The van der Waals surface area contributed by atoms with Gasteiger partial charge in [0, 0.05) is 18.6 Å².